The average Bonchev–Trinajstić information content (AvgIpc) is 2.42. The summed E-state index contributed by atoms with van der Waals surface area (Å²) < 4.78 is 9.10. The van der Waals surface area contributed by atoms with Crippen molar-refractivity contribution in [2.75, 3.05) is 14.2 Å². The second-order valence-electron chi connectivity index (χ2n) is 5.43. The summed E-state index contributed by atoms with van der Waals surface area (Å²) in [6.07, 6.45) is 0.192. The van der Waals surface area contributed by atoms with Crippen molar-refractivity contribution >= 4 is 23.8 Å². The van der Waals surface area contributed by atoms with E-state index in [0.717, 1.165) is 14.2 Å². The van der Waals surface area contributed by atoms with Gasteiger partial charge in [0.1, 0.15) is 6.04 Å². The lowest BCUT2D eigenvalue weighted by Crippen LogP contribution is -2.53. The molecule has 0 heterocycles. The van der Waals surface area contributed by atoms with Crippen molar-refractivity contribution in [1.29, 1.82) is 0 Å². The zero-order chi connectivity index (χ0) is 17.4. The summed E-state index contributed by atoms with van der Waals surface area (Å²) in [6.45, 7) is 5.13. The molecule has 0 spiro atoms. The molecule has 2 amide bonds. The molecular weight excluding hydrogens is 292 g/mol. The van der Waals surface area contributed by atoms with Crippen molar-refractivity contribution in [1.82, 2.24) is 5.32 Å². The lowest BCUT2D eigenvalue weighted by molar-refractivity contribution is -0.162. The van der Waals surface area contributed by atoms with Gasteiger partial charge in [-0.2, -0.15) is 0 Å². The summed E-state index contributed by atoms with van der Waals surface area (Å²) in [6, 6.07) is -1.19. The normalized spacial score (nSPS) is 13.4. The van der Waals surface area contributed by atoms with Crippen LogP contribution in [-0.4, -0.2) is 44.0 Å². The van der Waals surface area contributed by atoms with Gasteiger partial charge in [-0.1, -0.05) is 20.8 Å². The number of ether oxygens (including phenoxy) is 2. The number of carbonyl (C=O) groups is 4. The van der Waals surface area contributed by atoms with Crippen LogP contribution in [0.4, 0.5) is 0 Å². The predicted molar refractivity (Wildman–Crippen MR) is 77.3 cm³/mol. The number of nitrogens with one attached hydrogen (secondary N) is 1. The molecule has 0 saturated carbocycles. The Hall–Kier alpha value is -2.12. The Morgan fingerprint density at radius 2 is 1.45 bits per heavy atom. The number of hydrogen-bond donors (Lipinski definition) is 2. The molecule has 2 atom stereocenters. The van der Waals surface area contributed by atoms with E-state index >= 15 is 0 Å². The first-order valence-electron chi connectivity index (χ1n) is 6.90. The van der Waals surface area contributed by atoms with Gasteiger partial charge in [-0.25, -0.2) is 0 Å². The van der Waals surface area contributed by atoms with Crippen LogP contribution in [0.5, 0.6) is 0 Å². The molecule has 0 bridgehead atoms. The van der Waals surface area contributed by atoms with Crippen LogP contribution in [0.15, 0.2) is 0 Å². The van der Waals surface area contributed by atoms with Gasteiger partial charge in [-0.3, -0.25) is 19.2 Å². The van der Waals surface area contributed by atoms with Crippen molar-refractivity contribution < 1.29 is 28.7 Å². The third kappa shape index (κ3) is 5.71. The summed E-state index contributed by atoms with van der Waals surface area (Å²) in [5.74, 6) is -5.13. The minimum atomic E-state index is -1.35. The number of hydrogen-bond acceptors (Lipinski definition) is 6. The van der Waals surface area contributed by atoms with Crippen LogP contribution in [-0.2, 0) is 28.7 Å². The molecule has 0 aliphatic rings. The Labute approximate surface area is 129 Å². The maximum absolute atomic E-state index is 11.8. The smallest absolute Gasteiger partial charge is 0.320 e. The van der Waals surface area contributed by atoms with E-state index < -0.39 is 35.7 Å². The molecule has 0 unspecified atom stereocenters. The summed E-state index contributed by atoms with van der Waals surface area (Å²) >= 11 is 0. The van der Waals surface area contributed by atoms with Gasteiger partial charge in [-0.15, -0.1) is 0 Å². The molecule has 0 saturated heterocycles. The maximum atomic E-state index is 11.8. The van der Waals surface area contributed by atoms with Crippen LogP contribution in [0.1, 0.15) is 27.2 Å². The van der Waals surface area contributed by atoms with E-state index in [-0.39, 0.29) is 18.2 Å². The first-order chi connectivity index (χ1) is 10.1. The zero-order valence-corrected chi connectivity index (χ0v) is 13.5. The van der Waals surface area contributed by atoms with Crippen LogP contribution in [0.2, 0.25) is 0 Å². The minimum absolute atomic E-state index is 0.0841. The molecule has 0 aromatic heterocycles. The highest BCUT2D eigenvalue weighted by Crippen LogP contribution is 2.19. The third-order valence-corrected chi connectivity index (χ3v) is 3.18. The van der Waals surface area contributed by atoms with E-state index in [4.69, 9.17) is 5.73 Å². The van der Waals surface area contributed by atoms with Crippen LogP contribution in [0, 0.1) is 17.8 Å². The average molecular weight is 316 g/mol. The fourth-order valence-corrected chi connectivity index (χ4v) is 2.04. The van der Waals surface area contributed by atoms with Gasteiger partial charge in [0.25, 0.3) is 0 Å². The Morgan fingerprint density at radius 1 is 1.00 bits per heavy atom. The number of methoxy groups -OCH3 is 2. The summed E-state index contributed by atoms with van der Waals surface area (Å²) in [7, 11) is 2.23. The van der Waals surface area contributed by atoms with Gasteiger partial charge in [0.15, 0.2) is 5.92 Å². The molecule has 0 radical (unpaired) electrons. The van der Waals surface area contributed by atoms with E-state index in [1.165, 1.54) is 6.92 Å². The first kappa shape index (κ1) is 19.9. The lowest BCUT2D eigenvalue weighted by atomic mass is 9.86. The van der Waals surface area contributed by atoms with Crippen molar-refractivity contribution in [3.05, 3.63) is 0 Å². The van der Waals surface area contributed by atoms with Crippen LogP contribution < -0.4 is 11.1 Å². The van der Waals surface area contributed by atoms with Gasteiger partial charge < -0.3 is 20.5 Å². The Bertz CT molecular complexity index is 419. The topological polar surface area (TPSA) is 125 Å². The summed E-state index contributed by atoms with van der Waals surface area (Å²) in [5.41, 5.74) is 5.28. The number of rotatable bonds is 8. The highest BCUT2D eigenvalue weighted by atomic mass is 16.5. The van der Waals surface area contributed by atoms with Gasteiger partial charge in [0, 0.05) is 12.3 Å². The third-order valence-electron chi connectivity index (χ3n) is 3.18. The van der Waals surface area contributed by atoms with Gasteiger partial charge in [0.05, 0.1) is 14.2 Å². The van der Waals surface area contributed by atoms with Crippen LogP contribution >= 0.6 is 0 Å². The second kappa shape index (κ2) is 9.01. The Balaban J connectivity index is 5.28. The molecule has 0 rings (SSSR count). The molecule has 3 N–H and O–H groups in total. The molecule has 126 valence electrons. The number of amides is 2. The molecule has 22 heavy (non-hydrogen) atoms. The summed E-state index contributed by atoms with van der Waals surface area (Å²) in [5, 5.41) is 2.46. The van der Waals surface area contributed by atoms with Gasteiger partial charge in [0.2, 0.25) is 11.8 Å². The molecule has 0 aliphatic carbocycles. The molecule has 0 aliphatic heterocycles. The maximum Gasteiger partial charge on any atom is 0.320 e. The Kier molecular flexibility index (Phi) is 8.14. The summed E-state index contributed by atoms with van der Waals surface area (Å²) in [4.78, 5) is 46.9. The standard InChI is InChI=1S/C14H24N2O6/c1-7(2)6-9(17)16-11(12(15)18)8(3)10(13(19)21-4)14(20)22-5/h7-8,10-11H,6H2,1-5H3,(H2,15,18)(H,16,17)/t8-,11-/m0/s1. The highest BCUT2D eigenvalue weighted by Gasteiger charge is 2.41. The second-order valence-corrected chi connectivity index (χ2v) is 5.43. The zero-order valence-electron chi connectivity index (χ0n) is 13.5. The van der Waals surface area contributed by atoms with E-state index in [1.807, 2.05) is 13.8 Å². The van der Waals surface area contributed by atoms with Gasteiger partial charge >= 0.3 is 11.9 Å². The molecule has 0 aromatic rings. The largest absolute Gasteiger partial charge is 0.468 e. The van der Waals surface area contributed by atoms with E-state index in [2.05, 4.69) is 14.8 Å². The van der Waals surface area contributed by atoms with Crippen molar-refractivity contribution in [2.24, 2.45) is 23.5 Å². The quantitative estimate of drug-likeness (QED) is 0.464. The fraction of sp³-hybridized carbons (Fsp3) is 0.714. The predicted octanol–water partition coefficient (Wildman–Crippen LogP) is -0.399. The van der Waals surface area contributed by atoms with Crippen molar-refractivity contribution in [3.8, 4) is 0 Å². The van der Waals surface area contributed by atoms with E-state index in [0.29, 0.717) is 0 Å². The fourth-order valence-electron chi connectivity index (χ4n) is 2.04. The lowest BCUT2D eigenvalue weighted by Gasteiger charge is -2.26. The van der Waals surface area contributed by atoms with E-state index in [1.54, 1.807) is 0 Å². The monoisotopic (exact) mass is 316 g/mol. The number of esters is 2. The first-order valence-corrected chi connectivity index (χ1v) is 6.90. The molecule has 0 fully saturated rings. The minimum Gasteiger partial charge on any atom is -0.468 e. The molecular formula is C14H24N2O6. The number of primary amides is 1. The number of carbonyl (C=O) groups excluding carboxylic acids is 4. The van der Waals surface area contributed by atoms with Gasteiger partial charge in [-0.05, 0) is 5.92 Å². The molecule has 0 aromatic carbocycles. The van der Waals surface area contributed by atoms with Crippen molar-refractivity contribution in [2.45, 2.75) is 33.2 Å². The van der Waals surface area contributed by atoms with Crippen LogP contribution in [0.25, 0.3) is 0 Å². The van der Waals surface area contributed by atoms with E-state index in [9.17, 15) is 19.2 Å². The SMILES string of the molecule is COC(=O)C(C(=O)OC)[C@H](C)[C@H](NC(=O)CC(C)C)C(N)=O. The number of nitrogens with two attached hydrogens (primary N) is 1. The highest BCUT2D eigenvalue weighted by molar-refractivity contribution is 5.97. The molecule has 8 nitrogen and oxygen atoms in total. The van der Waals surface area contributed by atoms with Crippen LogP contribution in [0.3, 0.4) is 0 Å². The van der Waals surface area contributed by atoms with Crippen molar-refractivity contribution in [3.63, 3.8) is 0 Å². The molecule has 8 heteroatoms. The Morgan fingerprint density at radius 3 is 1.77 bits per heavy atom.